The van der Waals surface area contributed by atoms with E-state index in [9.17, 15) is 4.79 Å². The number of hydrogen-bond acceptors (Lipinski definition) is 1. The monoisotopic (exact) mass is 341 g/mol. The molecule has 138 valence electrons. The summed E-state index contributed by atoms with van der Waals surface area (Å²) in [5.41, 5.74) is 1.97. The Bertz CT molecular complexity index is 565. The minimum absolute atomic E-state index is 0.222. The van der Waals surface area contributed by atoms with Gasteiger partial charge in [0.15, 0.2) is 0 Å². The Hall–Kier alpha value is -1.57. The molecule has 1 heterocycles. The van der Waals surface area contributed by atoms with Crippen LogP contribution >= 0.6 is 0 Å². The van der Waals surface area contributed by atoms with Crippen molar-refractivity contribution < 1.29 is 4.79 Å². The van der Waals surface area contributed by atoms with E-state index >= 15 is 0 Å². The maximum Gasteiger partial charge on any atom is 0.233 e. The molecular weight excluding hydrogens is 306 g/mol. The number of anilines is 1. The van der Waals surface area contributed by atoms with Gasteiger partial charge < -0.3 is 4.90 Å². The quantitative estimate of drug-likeness (QED) is 0.350. The lowest BCUT2D eigenvalue weighted by molar-refractivity contribution is -0.125. The van der Waals surface area contributed by atoms with Gasteiger partial charge in [0.05, 0.1) is 0 Å². The first kappa shape index (κ1) is 19.8. The minimum atomic E-state index is -0.222. The number of carbonyl (C=O) groups excluding carboxylic acids is 1. The molecule has 1 saturated heterocycles. The number of nitrogens with zero attached hydrogens (tertiary/aromatic N) is 1. The molecule has 0 aromatic heterocycles. The molecule has 0 unspecified atom stereocenters. The average molecular weight is 342 g/mol. The summed E-state index contributed by atoms with van der Waals surface area (Å²) in [6.07, 6.45) is 10.5. The predicted octanol–water partition coefficient (Wildman–Crippen LogP) is 6.52. The van der Waals surface area contributed by atoms with Gasteiger partial charge in [-0.3, -0.25) is 4.79 Å². The van der Waals surface area contributed by atoms with E-state index < -0.39 is 0 Å². The van der Waals surface area contributed by atoms with Crippen molar-refractivity contribution in [2.75, 3.05) is 4.90 Å². The van der Waals surface area contributed by atoms with Gasteiger partial charge in [-0.15, -0.1) is 6.58 Å². The molecule has 2 heteroatoms. The van der Waals surface area contributed by atoms with Crippen molar-refractivity contribution in [1.82, 2.24) is 0 Å². The predicted molar refractivity (Wildman–Crippen MR) is 108 cm³/mol. The van der Waals surface area contributed by atoms with Crippen LogP contribution in [0, 0.1) is 5.41 Å². The molecule has 1 amide bonds. The Balaban J connectivity index is 2.04. The van der Waals surface area contributed by atoms with Crippen LogP contribution in [-0.2, 0) is 4.79 Å². The highest BCUT2D eigenvalue weighted by atomic mass is 16.2. The molecule has 1 fully saturated rings. The van der Waals surface area contributed by atoms with Crippen molar-refractivity contribution in [3.63, 3.8) is 0 Å². The van der Waals surface area contributed by atoms with Gasteiger partial charge in [0, 0.05) is 17.1 Å². The van der Waals surface area contributed by atoms with E-state index in [0.29, 0.717) is 5.91 Å². The second kappa shape index (κ2) is 9.22. The van der Waals surface area contributed by atoms with Gasteiger partial charge in [0.1, 0.15) is 0 Å². The first-order valence-corrected chi connectivity index (χ1v) is 10.0. The Morgan fingerprint density at radius 2 is 1.80 bits per heavy atom. The van der Waals surface area contributed by atoms with Crippen molar-refractivity contribution in [1.29, 1.82) is 0 Å². The summed E-state index contributed by atoms with van der Waals surface area (Å²) in [7, 11) is 0. The Labute approximate surface area is 154 Å². The number of para-hydroxylation sites is 1. The maximum absolute atomic E-state index is 13.3. The van der Waals surface area contributed by atoms with Crippen molar-refractivity contribution in [2.24, 2.45) is 5.41 Å². The lowest BCUT2D eigenvalue weighted by atomic mass is 9.81. The standard InChI is InChI=1S/C23H35NO/c1-5-6-7-8-9-13-16-23(4)18-21(17-19(2)3)24(22(23)25)20-14-11-10-12-15-20/h10-12,14-15,21H,2,5-9,13,16-18H2,1,3-4H3/t21-,23+/m1/s1. The smallest absolute Gasteiger partial charge is 0.233 e. The minimum Gasteiger partial charge on any atom is -0.309 e. The lowest BCUT2D eigenvalue weighted by Gasteiger charge is -2.26. The molecule has 2 nitrogen and oxygen atoms in total. The van der Waals surface area contributed by atoms with Crippen LogP contribution in [0.3, 0.4) is 0 Å². The van der Waals surface area contributed by atoms with E-state index in [1.165, 1.54) is 32.1 Å². The van der Waals surface area contributed by atoms with Crippen molar-refractivity contribution in [3.05, 3.63) is 42.5 Å². The van der Waals surface area contributed by atoms with Gasteiger partial charge in [0.2, 0.25) is 5.91 Å². The zero-order valence-corrected chi connectivity index (χ0v) is 16.4. The third-order valence-electron chi connectivity index (χ3n) is 5.49. The third-order valence-corrected chi connectivity index (χ3v) is 5.49. The molecule has 0 bridgehead atoms. The number of benzene rings is 1. The molecule has 0 N–H and O–H groups in total. The molecule has 1 aliphatic rings. The highest BCUT2D eigenvalue weighted by Crippen LogP contribution is 2.44. The summed E-state index contributed by atoms with van der Waals surface area (Å²) in [5.74, 6) is 0.304. The zero-order chi connectivity index (χ0) is 18.3. The molecule has 1 aliphatic heterocycles. The second-order valence-electron chi connectivity index (χ2n) is 8.11. The van der Waals surface area contributed by atoms with Crippen LogP contribution in [0.1, 0.15) is 78.6 Å². The molecule has 1 aromatic carbocycles. The largest absolute Gasteiger partial charge is 0.309 e. The maximum atomic E-state index is 13.3. The zero-order valence-electron chi connectivity index (χ0n) is 16.4. The number of carbonyl (C=O) groups is 1. The molecule has 2 atom stereocenters. The summed E-state index contributed by atoms with van der Waals surface area (Å²) in [6.45, 7) is 10.6. The first-order valence-electron chi connectivity index (χ1n) is 10.0. The van der Waals surface area contributed by atoms with E-state index in [4.69, 9.17) is 0 Å². The van der Waals surface area contributed by atoms with Gasteiger partial charge >= 0.3 is 0 Å². The van der Waals surface area contributed by atoms with E-state index in [0.717, 1.165) is 36.9 Å². The highest BCUT2D eigenvalue weighted by Gasteiger charge is 2.48. The van der Waals surface area contributed by atoms with Crippen LogP contribution in [0.4, 0.5) is 5.69 Å². The van der Waals surface area contributed by atoms with Crippen LogP contribution in [0.15, 0.2) is 42.5 Å². The molecule has 0 radical (unpaired) electrons. The van der Waals surface area contributed by atoms with Gasteiger partial charge in [0.25, 0.3) is 0 Å². The van der Waals surface area contributed by atoms with Crippen LogP contribution in [0.2, 0.25) is 0 Å². The number of unbranched alkanes of at least 4 members (excludes halogenated alkanes) is 5. The summed E-state index contributed by atoms with van der Waals surface area (Å²) < 4.78 is 0. The number of amides is 1. The molecule has 0 aliphatic carbocycles. The van der Waals surface area contributed by atoms with Crippen LogP contribution in [0.25, 0.3) is 0 Å². The number of hydrogen-bond donors (Lipinski definition) is 0. The molecule has 0 spiro atoms. The van der Waals surface area contributed by atoms with Crippen LogP contribution in [0.5, 0.6) is 0 Å². The summed E-state index contributed by atoms with van der Waals surface area (Å²) in [6, 6.07) is 10.4. The Kier molecular flexibility index (Phi) is 7.28. The van der Waals surface area contributed by atoms with E-state index in [1.807, 2.05) is 23.1 Å². The molecule has 1 aromatic rings. The normalized spacial score (nSPS) is 23.2. The highest BCUT2D eigenvalue weighted by molar-refractivity contribution is 6.00. The van der Waals surface area contributed by atoms with Crippen molar-refractivity contribution in [2.45, 2.75) is 84.6 Å². The number of rotatable bonds is 10. The fourth-order valence-electron chi connectivity index (χ4n) is 4.14. The topological polar surface area (TPSA) is 20.3 Å². The fourth-order valence-corrected chi connectivity index (χ4v) is 4.14. The molecule has 0 saturated carbocycles. The van der Waals surface area contributed by atoms with Gasteiger partial charge in [-0.1, -0.05) is 76.1 Å². The lowest BCUT2D eigenvalue weighted by Crippen LogP contribution is -2.36. The van der Waals surface area contributed by atoms with E-state index in [1.54, 1.807) is 0 Å². The average Bonchev–Trinajstić information content (AvgIpc) is 2.82. The van der Waals surface area contributed by atoms with Crippen molar-refractivity contribution in [3.8, 4) is 0 Å². The SMILES string of the molecule is C=C(C)C[C@@H]1C[C@](C)(CCCCCCCC)C(=O)N1c1ccccc1. The van der Waals surface area contributed by atoms with E-state index in [2.05, 4.69) is 39.5 Å². The second-order valence-corrected chi connectivity index (χ2v) is 8.11. The van der Waals surface area contributed by atoms with Crippen LogP contribution in [-0.4, -0.2) is 11.9 Å². The third kappa shape index (κ3) is 5.20. The van der Waals surface area contributed by atoms with Gasteiger partial charge in [-0.25, -0.2) is 0 Å². The molecular formula is C23H35NO. The van der Waals surface area contributed by atoms with Crippen molar-refractivity contribution >= 4 is 11.6 Å². The fraction of sp³-hybridized carbons (Fsp3) is 0.609. The Morgan fingerprint density at radius 1 is 1.16 bits per heavy atom. The Morgan fingerprint density at radius 3 is 2.44 bits per heavy atom. The summed E-state index contributed by atoms with van der Waals surface area (Å²) in [4.78, 5) is 15.3. The van der Waals surface area contributed by atoms with Crippen LogP contribution < -0.4 is 4.90 Å². The molecule has 25 heavy (non-hydrogen) atoms. The van der Waals surface area contributed by atoms with Gasteiger partial charge in [-0.05, 0) is 38.3 Å². The van der Waals surface area contributed by atoms with Gasteiger partial charge in [-0.2, -0.15) is 0 Å². The first-order chi connectivity index (χ1) is 12.0. The summed E-state index contributed by atoms with van der Waals surface area (Å²) in [5, 5.41) is 0. The van der Waals surface area contributed by atoms with E-state index in [-0.39, 0.29) is 11.5 Å². The summed E-state index contributed by atoms with van der Waals surface area (Å²) >= 11 is 0. The molecule has 2 rings (SSSR count).